The van der Waals surface area contributed by atoms with Crippen LogP contribution in [-0.4, -0.2) is 55.5 Å². The van der Waals surface area contributed by atoms with E-state index in [-0.39, 0.29) is 23.5 Å². The highest BCUT2D eigenvalue weighted by Crippen LogP contribution is 2.33. The summed E-state index contributed by atoms with van der Waals surface area (Å²) in [6.07, 6.45) is 4.46. The van der Waals surface area contributed by atoms with Gasteiger partial charge in [0.1, 0.15) is 5.82 Å². The molecule has 1 spiro atoms. The predicted molar refractivity (Wildman–Crippen MR) is 100 cm³/mol. The minimum atomic E-state index is -0.191. The molecule has 1 aromatic rings. The lowest BCUT2D eigenvalue weighted by atomic mass is 9.87. The Labute approximate surface area is 160 Å². The Morgan fingerprint density at radius 1 is 1.26 bits per heavy atom. The lowest BCUT2D eigenvalue weighted by molar-refractivity contribution is -0.0881. The number of hydrogen-bond acceptors (Lipinski definition) is 3. The molecule has 3 aliphatic rings. The molecule has 0 bridgehead atoms. The molecular weight excluding hydrogens is 347 g/mol. The van der Waals surface area contributed by atoms with Crippen molar-refractivity contribution in [1.29, 1.82) is 0 Å². The molecule has 0 saturated carbocycles. The zero-order valence-corrected chi connectivity index (χ0v) is 16.0. The van der Waals surface area contributed by atoms with Crippen molar-refractivity contribution in [3.05, 3.63) is 35.1 Å². The topological polar surface area (TPSA) is 50.8 Å². The first-order chi connectivity index (χ1) is 13.0. The summed E-state index contributed by atoms with van der Waals surface area (Å²) in [5.41, 5.74) is 2.02. The minimum Gasteiger partial charge on any atom is -0.378 e. The predicted octanol–water partition coefficient (Wildman–Crippen LogP) is 3.36. The van der Waals surface area contributed by atoms with Gasteiger partial charge in [-0.3, -0.25) is 0 Å². The van der Waals surface area contributed by atoms with Gasteiger partial charge in [0, 0.05) is 38.8 Å². The van der Waals surface area contributed by atoms with Crippen LogP contribution < -0.4 is 5.32 Å². The number of urea groups is 1. The molecule has 0 radical (unpaired) electrons. The Kier molecular flexibility index (Phi) is 5.37. The standard InChI is InChI=1S/C21H29FN2O3/c1-15-12-17(22)2-3-19(15)16-4-8-24(9-5-16)20(25)23-18-6-10-27-21(13-18)7-11-26-14-21/h2-3,12,16,18H,4-11,13-14H2,1H3,(H,23,25). The highest BCUT2D eigenvalue weighted by atomic mass is 19.1. The number of piperidine rings is 1. The summed E-state index contributed by atoms with van der Waals surface area (Å²) in [5.74, 6) is 0.214. The number of amides is 2. The summed E-state index contributed by atoms with van der Waals surface area (Å²) < 4.78 is 24.8. The van der Waals surface area contributed by atoms with E-state index in [2.05, 4.69) is 5.32 Å². The van der Waals surface area contributed by atoms with Crippen LogP contribution in [0.15, 0.2) is 18.2 Å². The second-order valence-electron chi connectivity index (χ2n) is 8.24. The van der Waals surface area contributed by atoms with Crippen molar-refractivity contribution in [3.63, 3.8) is 0 Å². The summed E-state index contributed by atoms with van der Waals surface area (Å²) in [7, 11) is 0. The van der Waals surface area contributed by atoms with Crippen LogP contribution in [-0.2, 0) is 9.47 Å². The molecule has 3 aliphatic heterocycles. The molecule has 3 heterocycles. The molecule has 4 rings (SSSR count). The fraction of sp³-hybridized carbons (Fsp3) is 0.667. The molecule has 1 N–H and O–H groups in total. The monoisotopic (exact) mass is 376 g/mol. The smallest absolute Gasteiger partial charge is 0.317 e. The summed E-state index contributed by atoms with van der Waals surface area (Å²) in [6, 6.07) is 5.23. The van der Waals surface area contributed by atoms with E-state index in [4.69, 9.17) is 9.47 Å². The van der Waals surface area contributed by atoms with Crippen LogP contribution in [0.4, 0.5) is 9.18 Å². The normalized spacial score (nSPS) is 29.3. The minimum absolute atomic E-state index is 0.0326. The summed E-state index contributed by atoms with van der Waals surface area (Å²) in [5, 5.41) is 3.22. The first kappa shape index (κ1) is 18.7. The molecule has 2 atom stereocenters. The lowest BCUT2D eigenvalue weighted by Gasteiger charge is -2.39. The number of rotatable bonds is 2. The fourth-order valence-corrected chi connectivity index (χ4v) is 4.77. The van der Waals surface area contributed by atoms with E-state index in [9.17, 15) is 9.18 Å². The van der Waals surface area contributed by atoms with E-state index >= 15 is 0 Å². The Hall–Kier alpha value is -1.66. The maximum atomic E-state index is 13.3. The highest BCUT2D eigenvalue weighted by molar-refractivity contribution is 5.74. The molecular formula is C21H29FN2O3. The van der Waals surface area contributed by atoms with Crippen LogP contribution in [0.1, 0.15) is 49.1 Å². The molecule has 3 saturated heterocycles. The molecule has 27 heavy (non-hydrogen) atoms. The number of benzene rings is 1. The van der Waals surface area contributed by atoms with Gasteiger partial charge in [-0.15, -0.1) is 0 Å². The van der Waals surface area contributed by atoms with Crippen LogP contribution >= 0.6 is 0 Å². The number of carbonyl (C=O) groups excluding carboxylic acids is 1. The molecule has 6 heteroatoms. The van der Waals surface area contributed by atoms with Gasteiger partial charge in [-0.05, 0) is 61.8 Å². The molecule has 2 amide bonds. The number of aryl methyl sites for hydroxylation is 1. The van der Waals surface area contributed by atoms with Crippen molar-refractivity contribution in [3.8, 4) is 0 Å². The van der Waals surface area contributed by atoms with Gasteiger partial charge in [0.05, 0.1) is 12.2 Å². The average molecular weight is 376 g/mol. The Morgan fingerprint density at radius 3 is 2.78 bits per heavy atom. The number of carbonyl (C=O) groups is 1. The maximum absolute atomic E-state index is 13.3. The van der Waals surface area contributed by atoms with E-state index in [0.29, 0.717) is 19.1 Å². The Balaban J connectivity index is 1.29. The van der Waals surface area contributed by atoms with Crippen molar-refractivity contribution in [1.82, 2.24) is 10.2 Å². The van der Waals surface area contributed by atoms with Crippen LogP contribution in [0.3, 0.4) is 0 Å². The van der Waals surface area contributed by atoms with Crippen LogP contribution in [0.2, 0.25) is 0 Å². The van der Waals surface area contributed by atoms with Gasteiger partial charge >= 0.3 is 6.03 Å². The second kappa shape index (κ2) is 7.76. The van der Waals surface area contributed by atoms with E-state index in [1.54, 1.807) is 6.07 Å². The third kappa shape index (κ3) is 4.11. The van der Waals surface area contributed by atoms with Crippen molar-refractivity contribution in [2.45, 2.75) is 56.6 Å². The lowest BCUT2D eigenvalue weighted by Crippen LogP contribution is -2.53. The quantitative estimate of drug-likeness (QED) is 0.861. The van der Waals surface area contributed by atoms with Crippen LogP contribution in [0.5, 0.6) is 0 Å². The Bertz CT molecular complexity index is 682. The largest absolute Gasteiger partial charge is 0.378 e. The number of hydrogen-bond donors (Lipinski definition) is 1. The van der Waals surface area contributed by atoms with E-state index in [1.807, 2.05) is 17.9 Å². The maximum Gasteiger partial charge on any atom is 0.317 e. The van der Waals surface area contributed by atoms with Gasteiger partial charge in [-0.25, -0.2) is 9.18 Å². The molecule has 148 valence electrons. The number of likely N-dealkylation sites (tertiary alicyclic amines) is 1. The number of halogens is 1. The second-order valence-corrected chi connectivity index (χ2v) is 8.24. The van der Waals surface area contributed by atoms with E-state index < -0.39 is 0 Å². The van der Waals surface area contributed by atoms with E-state index in [0.717, 1.165) is 57.4 Å². The first-order valence-electron chi connectivity index (χ1n) is 10.1. The van der Waals surface area contributed by atoms with Crippen molar-refractivity contribution in [2.24, 2.45) is 0 Å². The average Bonchev–Trinajstić information content (AvgIpc) is 3.09. The van der Waals surface area contributed by atoms with Gasteiger partial charge in [0.15, 0.2) is 0 Å². The molecule has 2 unspecified atom stereocenters. The van der Waals surface area contributed by atoms with Crippen LogP contribution in [0.25, 0.3) is 0 Å². The molecule has 0 aromatic heterocycles. The first-order valence-corrected chi connectivity index (χ1v) is 10.1. The summed E-state index contributed by atoms with van der Waals surface area (Å²) in [6.45, 7) is 5.51. The molecule has 5 nitrogen and oxygen atoms in total. The molecule has 1 aromatic carbocycles. The zero-order valence-electron chi connectivity index (χ0n) is 16.0. The van der Waals surface area contributed by atoms with Gasteiger partial charge in [-0.1, -0.05) is 6.07 Å². The number of nitrogens with one attached hydrogen (secondary N) is 1. The van der Waals surface area contributed by atoms with Crippen molar-refractivity contribution < 1.29 is 18.7 Å². The zero-order chi connectivity index (χ0) is 18.9. The molecule has 3 fully saturated rings. The number of ether oxygens (including phenoxy) is 2. The highest BCUT2D eigenvalue weighted by Gasteiger charge is 2.41. The number of nitrogens with zero attached hydrogens (tertiary/aromatic N) is 1. The Morgan fingerprint density at radius 2 is 2.07 bits per heavy atom. The fourth-order valence-electron chi connectivity index (χ4n) is 4.77. The van der Waals surface area contributed by atoms with Gasteiger partial charge < -0.3 is 19.7 Å². The summed E-state index contributed by atoms with van der Waals surface area (Å²) >= 11 is 0. The van der Waals surface area contributed by atoms with Crippen molar-refractivity contribution >= 4 is 6.03 Å². The van der Waals surface area contributed by atoms with Crippen molar-refractivity contribution in [2.75, 3.05) is 32.9 Å². The SMILES string of the molecule is Cc1cc(F)ccc1C1CCN(C(=O)NC2CCOC3(CCOC3)C2)CC1. The summed E-state index contributed by atoms with van der Waals surface area (Å²) in [4.78, 5) is 14.6. The third-order valence-electron chi connectivity index (χ3n) is 6.34. The van der Waals surface area contributed by atoms with Crippen LogP contribution in [0, 0.1) is 12.7 Å². The van der Waals surface area contributed by atoms with Gasteiger partial charge in [-0.2, -0.15) is 0 Å². The third-order valence-corrected chi connectivity index (χ3v) is 6.34. The molecule has 0 aliphatic carbocycles. The van der Waals surface area contributed by atoms with Gasteiger partial charge in [0.2, 0.25) is 0 Å². The van der Waals surface area contributed by atoms with Gasteiger partial charge in [0.25, 0.3) is 0 Å². The van der Waals surface area contributed by atoms with E-state index in [1.165, 1.54) is 11.6 Å².